The number of thiophene rings is 1. The second-order valence-electron chi connectivity index (χ2n) is 8.51. The van der Waals surface area contributed by atoms with Gasteiger partial charge < -0.3 is 0 Å². The van der Waals surface area contributed by atoms with E-state index >= 15 is 0 Å². The third kappa shape index (κ3) is 4.31. The van der Waals surface area contributed by atoms with Gasteiger partial charge in [0.15, 0.2) is 5.04 Å². The lowest BCUT2D eigenvalue weighted by Gasteiger charge is -2.38. The highest BCUT2D eigenvalue weighted by Crippen LogP contribution is 2.59. The van der Waals surface area contributed by atoms with E-state index in [1.807, 2.05) is 114 Å². The van der Waals surface area contributed by atoms with Crippen LogP contribution in [-0.2, 0) is 4.79 Å². The van der Waals surface area contributed by atoms with Crippen molar-refractivity contribution in [2.45, 2.75) is 11.3 Å². The Balaban J connectivity index is 1.52. The molecule has 8 heteroatoms. The highest BCUT2D eigenvalue weighted by Gasteiger charge is 2.60. The Bertz CT molecular complexity index is 1520. The van der Waals surface area contributed by atoms with E-state index in [-0.39, 0.29) is 11.7 Å². The molecule has 1 spiro atoms. The molecule has 2 aliphatic heterocycles. The lowest BCUT2D eigenvalue weighted by atomic mass is 10.2. The first-order valence-corrected chi connectivity index (χ1v) is 14.1. The molecule has 1 atom stereocenters. The van der Waals surface area contributed by atoms with Gasteiger partial charge in [-0.05, 0) is 66.0 Å². The molecule has 1 amide bonds. The van der Waals surface area contributed by atoms with Crippen molar-refractivity contribution in [3.8, 4) is 0 Å². The van der Waals surface area contributed by atoms with Gasteiger partial charge in [0.25, 0.3) is 5.91 Å². The summed E-state index contributed by atoms with van der Waals surface area (Å²) in [6.45, 7) is 2.03. The predicted octanol–water partition coefficient (Wildman–Crippen LogP) is 7.24. The molecule has 3 aromatic carbocycles. The first-order valence-electron chi connectivity index (χ1n) is 11.6. The number of Topliss-reactive ketones (excluding diaryl/α,β-unsaturated/α-hetero) is 1. The summed E-state index contributed by atoms with van der Waals surface area (Å²) < 4.78 is -1.05. The lowest BCUT2D eigenvalue weighted by Crippen LogP contribution is -2.51. The van der Waals surface area contributed by atoms with E-state index in [0.29, 0.717) is 14.8 Å². The Morgan fingerprint density at radius 3 is 2.22 bits per heavy atom. The van der Waals surface area contributed by atoms with E-state index in [2.05, 4.69) is 0 Å². The largest absolute Gasteiger partial charge is 0.285 e. The van der Waals surface area contributed by atoms with Crippen LogP contribution < -0.4 is 9.91 Å². The number of ketones is 1. The van der Waals surface area contributed by atoms with Crippen molar-refractivity contribution in [1.29, 1.82) is 0 Å². The van der Waals surface area contributed by atoms with Gasteiger partial charge in [-0.25, -0.2) is 5.01 Å². The van der Waals surface area contributed by atoms with Gasteiger partial charge in [-0.1, -0.05) is 84.1 Å². The highest BCUT2D eigenvalue weighted by atomic mass is 32.2. The number of carbonyl (C=O) groups is 2. The molecule has 0 radical (unpaired) electrons. The molecular formula is C29H21N3O2S3. The molecule has 182 valence electrons. The molecule has 5 nitrogen and oxygen atoms in total. The summed E-state index contributed by atoms with van der Waals surface area (Å²) in [4.78, 5) is 30.5. The molecule has 0 saturated carbocycles. The molecule has 1 fully saturated rings. The van der Waals surface area contributed by atoms with Gasteiger partial charge in [0.2, 0.25) is 10.1 Å². The number of anilines is 2. The molecule has 1 unspecified atom stereocenters. The van der Waals surface area contributed by atoms with Gasteiger partial charge in [0.05, 0.1) is 15.5 Å². The minimum absolute atomic E-state index is 0.135. The molecule has 0 aliphatic carbocycles. The van der Waals surface area contributed by atoms with Gasteiger partial charge in [-0.15, -0.1) is 11.3 Å². The fourth-order valence-corrected chi connectivity index (χ4v) is 7.84. The third-order valence-corrected chi connectivity index (χ3v) is 9.54. The van der Waals surface area contributed by atoms with E-state index in [0.717, 1.165) is 22.5 Å². The van der Waals surface area contributed by atoms with Crippen molar-refractivity contribution in [1.82, 2.24) is 0 Å². The molecule has 4 aromatic rings. The molecule has 3 heterocycles. The van der Waals surface area contributed by atoms with Gasteiger partial charge in [0, 0.05) is 5.69 Å². The van der Waals surface area contributed by atoms with Crippen LogP contribution in [0, 0.1) is 6.92 Å². The number of benzene rings is 3. The number of nitrogens with zero attached hydrogens (tertiary/aromatic N) is 3. The number of thioether (sulfide) groups is 2. The number of hydrazone groups is 1. The summed E-state index contributed by atoms with van der Waals surface area (Å²) in [5.41, 5.74) is 3.59. The molecule has 6 rings (SSSR count). The summed E-state index contributed by atoms with van der Waals surface area (Å²) >= 11 is 4.12. The maximum atomic E-state index is 14.1. The molecule has 2 aliphatic rings. The first kappa shape index (κ1) is 23.8. The zero-order valence-corrected chi connectivity index (χ0v) is 22.2. The SMILES string of the molecule is Cc1ccc(N2N=C(C(=O)c3cccs3)SC23SC(=Cc2ccccc2)C(=O)N3c2ccccc2)cc1. The Hall–Kier alpha value is -3.59. The monoisotopic (exact) mass is 539 g/mol. The zero-order valence-electron chi connectivity index (χ0n) is 19.8. The summed E-state index contributed by atoms with van der Waals surface area (Å²) in [6, 6.07) is 31.0. The number of rotatable bonds is 5. The summed E-state index contributed by atoms with van der Waals surface area (Å²) in [5, 5.41) is 8.91. The van der Waals surface area contributed by atoms with Crippen molar-refractivity contribution < 1.29 is 9.59 Å². The van der Waals surface area contributed by atoms with Crippen molar-refractivity contribution in [3.63, 3.8) is 0 Å². The fraction of sp³-hybridized carbons (Fsp3) is 0.0690. The number of aryl methyl sites for hydroxylation is 1. The van der Waals surface area contributed by atoms with Gasteiger partial charge in [-0.3, -0.25) is 14.5 Å². The van der Waals surface area contributed by atoms with Crippen LogP contribution in [0.5, 0.6) is 0 Å². The summed E-state index contributed by atoms with van der Waals surface area (Å²) in [5.74, 6) is -0.278. The van der Waals surface area contributed by atoms with Crippen molar-refractivity contribution in [2.75, 3.05) is 9.91 Å². The fourth-order valence-electron chi connectivity index (χ4n) is 4.18. The quantitative estimate of drug-likeness (QED) is 0.198. The first-order chi connectivity index (χ1) is 18.0. The van der Waals surface area contributed by atoms with Crippen LogP contribution in [0.4, 0.5) is 11.4 Å². The van der Waals surface area contributed by atoms with Crippen molar-refractivity contribution in [2.24, 2.45) is 5.10 Å². The van der Waals surface area contributed by atoms with Crippen LogP contribution >= 0.6 is 34.9 Å². The van der Waals surface area contributed by atoms with Crippen LogP contribution in [-0.4, -0.2) is 21.1 Å². The van der Waals surface area contributed by atoms with E-state index in [1.54, 1.807) is 11.0 Å². The average molecular weight is 540 g/mol. The molecule has 37 heavy (non-hydrogen) atoms. The molecule has 1 aromatic heterocycles. The Kier molecular flexibility index (Phi) is 6.24. The highest BCUT2D eigenvalue weighted by molar-refractivity contribution is 8.29. The maximum absolute atomic E-state index is 14.1. The number of para-hydroxylation sites is 1. The number of carbonyl (C=O) groups excluding carboxylic acids is 2. The van der Waals surface area contributed by atoms with Gasteiger partial charge in [-0.2, -0.15) is 5.10 Å². The van der Waals surface area contributed by atoms with Crippen molar-refractivity contribution >= 4 is 69.0 Å². The normalized spacial score (nSPS) is 20.2. The molecule has 1 saturated heterocycles. The summed E-state index contributed by atoms with van der Waals surface area (Å²) in [7, 11) is 0. The Morgan fingerprint density at radius 2 is 1.54 bits per heavy atom. The van der Waals surface area contributed by atoms with Crippen molar-refractivity contribution in [3.05, 3.63) is 123 Å². The Morgan fingerprint density at radius 1 is 0.838 bits per heavy atom. The smallest absolute Gasteiger partial charge is 0.268 e. The minimum Gasteiger partial charge on any atom is -0.285 e. The van der Waals surface area contributed by atoms with E-state index in [4.69, 9.17) is 5.10 Å². The van der Waals surface area contributed by atoms with Gasteiger partial charge in [0.1, 0.15) is 0 Å². The Labute approximate surface area is 227 Å². The second kappa shape index (κ2) is 9.70. The van der Waals surface area contributed by atoms with E-state index in [9.17, 15) is 9.59 Å². The number of hydrogen-bond acceptors (Lipinski definition) is 7. The van der Waals surface area contributed by atoms with E-state index < -0.39 is 4.33 Å². The standard InChI is InChI=1S/C29H21N3O2S3/c1-20-14-16-23(17-15-20)32-29(37-27(30-32)26(33)24-13-8-18-35-24)31(22-11-6-3-7-12-22)28(34)25(36-29)19-21-9-4-2-5-10-21/h2-19H,1H3. The van der Waals surface area contributed by atoms with E-state index in [1.165, 1.54) is 34.9 Å². The number of amides is 1. The summed E-state index contributed by atoms with van der Waals surface area (Å²) in [6.07, 6.45) is 1.91. The van der Waals surface area contributed by atoms with Gasteiger partial charge >= 0.3 is 0 Å². The topological polar surface area (TPSA) is 53.0 Å². The molecule has 0 bridgehead atoms. The predicted molar refractivity (Wildman–Crippen MR) is 156 cm³/mol. The van der Waals surface area contributed by atoms with Crippen LogP contribution in [0.2, 0.25) is 0 Å². The maximum Gasteiger partial charge on any atom is 0.268 e. The van der Waals surface area contributed by atoms with Crippen LogP contribution in [0.1, 0.15) is 20.8 Å². The molecule has 0 N–H and O–H groups in total. The van der Waals surface area contributed by atoms with Crippen LogP contribution in [0.15, 0.2) is 112 Å². The lowest BCUT2D eigenvalue weighted by molar-refractivity contribution is -0.114. The number of hydrogen-bond donors (Lipinski definition) is 0. The second-order valence-corrected chi connectivity index (χ2v) is 12.1. The third-order valence-electron chi connectivity index (χ3n) is 5.96. The zero-order chi connectivity index (χ0) is 25.4. The average Bonchev–Trinajstić information content (AvgIpc) is 3.65. The minimum atomic E-state index is -1.05. The van der Waals surface area contributed by atoms with Crippen LogP contribution in [0.25, 0.3) is 6.08 Å². The van der Waals surface area contributed by atoms with Crippen LogP contribution in [0.3, 0.4) is 0 Å². The molecular weight excluding hydrogens is 519 g/mol.